The fourth-order valence-electron chi connectivity index (χ4n) is 2.68. The first-order chi connectivity index (χ1) is 10.1. The van der Waals surface area contributed by atoms with Crippen molar-refractivity contribution < 1.29 is 0 Å². The van der Waals surface area contributed by atoms with Gasteiger partial charge in [0.25, 0.3) is 5.56 Å². The molecule has 0 aliphatic rings. The molecule has 2 heterocycles. The lowest BCUT2D eigenvalue weighted by Crippen LogP contribution is -2.16. The van der Waals surface area contributed by atoms with Gasteiger partial charge in [0.1, 0.15) is 11.2 Å². The molecule has 0 spiro atoms. The number of rotatable bonds is 7. The minimum Gasteiger partial charge on any atom is -0.310 e. The van der Waals surface area contributed by atoms with Crippen LogP contribution in [0.4, 0.5) is 0 Å². The third-order valence-electron chi connectivity index (χ3n) is 3.91. The van der Waals surface area contributed by atoms with Crippen molar-refractivity contribution in [1.82, 2.24) is 19.7 Å². The second-order valence-electron chi connectivity index (χ2n) is 5.64. The quantitative estimate of drug-likeness (QED) is 0.795. The first kappa shape index (κ1) is 15.5. The second-order valence-corrected chi connectivity index (χ2v) is 5.64. The third-order valence-corrected chi connectivity index (χ3v) is 3.91. The Kier molecular flexibility index (Phi) is 4.94. The van der Waals surface area contributed by atoms with E-state index in [1.54, 1.807) is 6.20 Å². The van der Waals surface area contributed by atoms with E-state index in [0.717, 1.165) is 31.5 Å². The molecular formula is C16H24N4O. The van der Waals surface area contributed by atoms with Gasteiger partial charge in [0.05, 0.1) is 12.2 Å². The van der Waals surface area contributed by atoms with Gasteiger partial charge in [-0.15, -0.1) is 6.58 Å². The average molecular weight is 288 g/mol. The lowest BCUT2D eigenvalue weighted by molar-refractivity contribution is 0.438. The summed E-state index contributed by atoms with van der Waals surface area (Å²) in [5.41, 5.74) is 0.603. The third kappa shape index (κ3) is 3.23. The van der Waals surface area contributed by atoms with Crippen molar-refractivity contribution in [3.8, 4) is 0 Å². The molecule has 1 atom stereocenters. The monoisotopic (exact) mass is 288 g/mol. The van der Waals surface area contributed by atoms with E-state index >= 15 is 0 Å². The van der Waals surface area contributed by atoms with Crippen LogP contribution in [0.2, 0.25) is 0 Å². The summed E-state index contributed by atoms with van der Waals surface area (Å²) in [5, 5.41) is 4.94. The van der Waals surface area contributed by atoms with Crippen molar-refractivity contribution in [2.24, 2.45) is 5.92 Å². The lowest BCUT2D eigenvalue weighted by atomic mass is 10.0. The van der Waals surface area contributed by atoms with Crippen LogP contribution in [0.15, 0.2) is 23.6 Å². The van der Waals surface area contributed by atoms with Crippen LogP contribution in [0.5, 0.6) is 0 Å². The van der Waals surface area contributed by atoms with Crippen molar-refractivity contribution in [2.75, 3.05) is 0 Å². The predicted molar refractivity (Wildman–Crippen MR) is 85.4 cm³/mol. The maximum absolute atomic E-state index is 12.2. The van der Waals surface area contributed by atoms with E-state index < -0.39 is 0 Å². The van der Waals surface area contributed by atoms with Gasteiger partial charge in [0, 0.05) is 6.42 Å². The number of fused-ring (bicyclic) bond motifs is 1. The van der Waals surface area contributed by atoms with Crippen LogP contribution in [0, 0.1) is 5.92 Å². The fraction of sp³-hybridized carbons (Fsp3) is 0.562. The summed E-state index contributed by atoms with van der Waals surface area (Å²) < 4.78 is 1.90. The highest BCUT2D eigenvalue weighted by Crippen LogP contribution is 2.19. The van der Waals surface area contributed by atoms with Gasteiger partial charge in [-0.1, -0.05) is 26.8 Å². The van der Waals surface area contributed by atoms with Crippen LogP contribution in [0.3, 0.4) is 0 Å². The van der Waals surface area contributed by atoms with E-state index in [-0.39, 0.29) is 11.6 Å². The van der Waals surface area contributed by atoms with Crippen LogP contribution in [-0.2, 0) is 6.42 Å². The predicted octanol–water partition coefficient (Wildman–Crippen LogP) is 3.24. The highest BCUT2D eigenvalue weighted by Gasteiger charge is 2.16. The number of aromatic amines is 1. The SMILES string of the molecule is C=CCC(C)Cc1nc2c(cnn2C(CC)CC)c(=O)[nH]1. The molecule has 2 aromatic rings. The van der Waals surface area contributed by atoms with E-state index in [2.05, 4.69) is 42.4 Å². The smallest absolute Gasteiger partial charge is 0.262 e. The summed E-state index contributed by atoms with van der Waals surface area (Å²) in [7, 11) is 0. The summed E-state index contributed by atoms with van der Waals surface area (Å²) >= 11 is 0. The van der Waals surface area contributed by atoms with E-state index in [1.807, 2.05) is 10.8 Å². The Balaban J connectivity index is 2.44. The molecule has 0 saturated heterocycles. The second kappa shape index (κ2) is 6.70. The number of nitrogens with one attached hydrogen (secondary N) is 1. The van der Waals surface area contributed by atoms with Gasteiger partial charge in [0.2, 0.25) is 0 Å². The molecule has 1 N–H and O–H groups in total. The van der Waals surface area contributed by atoms with Crippen molar-refractivity contribution in [3.05, 3.63) is 35.0 Å². The lowest BCUT2D eigenvalue weighted by Gasteiger charge is -2.14. The van der Waals surface area contributed by atoms with E-state index in [1.165, 1.54) is 0 Å². The average Bonchev–Trinajstić information content (AvgIpc) is 2.85. The molecule has 5 heteroatoms. The van der Waals surface area contributed by atoms with Crippen molar-refractivity contribution in [1.29, 1.82) is 0 Å². The van der Waals surface area contributed by atoms with Gasteiger partial charge >= 0.3 is 0 Å². The highest BCUT2D eigenvalue weighted by atomic mass is 16.1. The molecule has 2 rings (SSSR count). The number of nitrogens with zero attached hydrogens (tertiary/aromatic N) is 3. The number of hydrogen-bond acceptors (Lipinski definition) is 3. The van der Waals surface area contributed by atoms with Crippen LogP contribution in [0.1, 0.15) is 51.9 Å². The van der Waals surface area contributed by atoms with Crippen LogP contribution in [0.25, 0.3) is 11.0 Å². The van der Waals surface area contributed by atoms with Gasteiger partial charge in [-0.3, -0.25) is 4.79 Å². The molecule has 0 aliphatic heterocycles. The van der Waals surface area contributed by atoms with E-state index in [0.29, 0.717) is 17.0 Å². The van der Waals surface area contributed by atoms with E-state index in [9.17, 15) is 4.79 Å². The first-order valence-corrected chi connectivity index (χ1v) is 7.67. The standard InChI is InChI=1S/C16H24N4O/c1-5-8-11(4)9-14-18-15-13(16(21)19-14)10-17-20(15)12(6-2)7-3/h5,10-12H,1,6-9H2,2-4H3,(H,18,19,21). The summed E-state index contributed by atoms with van der Waals surface area (Å²) in [5.74, 6) is 1.14. The van der Waals surface area contributed by atoms with Gasteiger partial charge in [-0.25, -0.2) is 9.67 Å². The van der Waals surface area contributed by atoms with Crippen LogP contribution >= 0.6 is 0 Å². The Hall–Kier alpha value is -1.91. The van der Waals surface area contributed by atoms with Gasteiger partial charge in [-0.05, 0) is 25.2 Å². The molecule has 0 amide bonds. The zero-order valence-electron chi connectivity index (χ0n) is 13.1. The van der Waals surface area contributed by atoms with Crippen LogP contribution < -0.4 is 5.56 Å². The Morgan fingerprint density at radius 1 is 1.43 bits per heavy atom. The minimum atomic E-state index is -0.0991. The fourth-order valence-corrected chi connectivity index (χ4v) is 2.68. The Bertz CT molecular complexity index is 666. The van der Waals surface area contributed by atoms with E-state index in [4.69, 9.17) is 0 Å². The zero-order valence-corrected chi connectivity index (χ0v) is 13.1. The zero-order chi connectivity index (χ0) is 15.4. The van der Waals surface area contributed by atoms with Gasteiger partial charge < -0.3 is 4.98 Å². The number of H-pyrrole nitrogens is 1. The molecule has 0 radical (unpaired) electrons. The molecule has 21 heavy (non-hydrogen) atoms. The number of allylic oxidation sites excluding steroid dienone is 1. The van der Waals surface area contributed by atoms with Crippen molar-refractivity contribution in [2.45, 2.75) is 52.5 Å². The molecular weight excluding hydrogens is 264 g/mol. The normalized spacial score (nSPS) is 13.0. The van der Waals surface area contributed by atoms with Crippen LogP contribution in [-0.4, -0.2) is 19.7 Å². The summed E-state index contributed by atoms with van der Waals surface area (Å²) in [4.78, 5) is 19.7. The molecule has 114 valence electrons. The van der Waals surface area contributed by atoms with Gasteiger partial charge in [0.15, 0.2) is 5.65 Å². The summed E-state index contributed by atoms with van der Waals surface area (Å²) in [6, 6.07) is 0.287. The molecule has 0 saturated carbocycles. The summed E-state index contributed by atoms with van der Waals surface area (Å²) in [6.07, 6.45) is 7.12. The molecule has 0 bridgehead atoms. The highest BCUT2D eigenvalue weighted by molar-refractivity contribution is 5.73. The summed E-state index contributed by atoms with van der Waals surface area (Å²) in [6.45, 7) is 10.1. The minimum absolute atomic E-state index is 0.0991. The maximum atomic E-state index is 12.2. The molecule has 0 aliphatic carbocycles. The Morgan fingerprint density at radius 3 is 2.76 bits per heavy atom. The topological polar surface area (TPSA) is 63.6 Å². The largest absolute Gasteiger partial charge is 0.310 e. The van der Waals surface area contributed by atoms with Gasteiger partial charge in [-0.2, -0.15) is 5.10 Å². The Morgan fingerprint density at radius 2 is 2.14 bits per heavy atom. The molecule has 2 aromatic heterocycles. The molecule has 0 fully saturated rings. The number of hydrogen-bond donors (Lipinski definition) is 1. The first-order valence-electron chi connectivity index (χ1n) is 7.67. The Labute approximate surface area is 125 Å². The number of aromatic nitrogens is 4. The molecule has 5 nitrogen and oxygen atoms in total. The maximum Gasteiger partial charge on any atom is 0.262 e. The molecule has 1 unspecified atom stereocenters. The van der Waals surface area contributed by atoms with Crippen molar-refractivity contribution in [3.63, 3.8) is 0 Å². The van der Waals surface area contributed by atoms with Crippen molar-refractivity contribution >= 4 is 11.0 Å². The molecule has 0 aromatic carbocycles.